The fourth-order valence-electron chi connectivity index (χ4n) is 3.00. The Hall–Kier alpha value is -3.08. The standard InChI is InChI=1S/C19H17NO4/c1-24-16-6-2-4-14(10-16)15-8-7-13-5-3-9-19(12-21,17(13)11-15)20-18(22)23/h2-4,6-12,20H,5H2,1H3,(H,22,23)/t19-/m1/s1. The number of amides is 1. The van der Waals surface area contributed by atoms with Gasteiger partial charge in [-0.25, -0.2) is 4.79 Å². The van der Waals surface area contributed by atoms with Crippen molar-refractivity contribution < 1.29 is 19.4 Å². The number of aldehydes is 1. The van der Waals surface area contributed by atoms with Crippen LogP contribution in [0.2, 0.25) is 0 Å². The van der Waals surface area contributed by atoms with Crippen LogP contribution < -0.4 is 10.1 Å². The number of carbonyl (C=O) groups excluding carboxylic acids is 1. The molecule has 0 radical (unpaired) electrons. The third-order valence-corrected chi connectivity index (χ3v) is 4.18. The van der Waals surface area contributed by atoms with Gasteiger partial charge in [-0.15, -0.1) is 0 Å². The first kappa shape index (κ1) is 15.8. The summed E-state index contributed by atoms with van der Waals surface area (Å²) in [4.78, 5) is 22.9. The number of allylic oxidation sites excluding steroid dienone is 1. The zero-order chi connectivity index (χ0) is 17.2. The van der Waals surface area contributed by atoms with Crippen LogP contribution in [0.25, 0.3) is 11.1 Å². The number of benzene rings is 2. The minimum absolute atomic E-state index is 0.630. The molecule has 122 valence electrons. The van der Waals surface area contributed by atoms with E-state index in [9.17, 15) is 9.59 Å². The van der Waals surface area contributed by atoms with E-state index >= 15 is 0 Å². The van der Waals surface area contributed by atoms with Crippen LogP contribution in [0, 0.1) is 0 Å². The van der Waals surface area contributed by atoms with Gasteiger partial charge in [0.2, 0.25) is 0 Å². The van der Waals surface area contributed by atoms with Gasteiger partial charge in [0.05, 0.1) is 7.11 Å². The minimum Gasteiger partial charge on any atom is -0.497 e. The van der Waals surface area contributed by atoms with E-state index in [4.69, 9.17) is 9.84 Å². The highest BCUT2D eigenvalue weighted by molar-refractivity contribution is 5.82. The maximum absolute atomic E-state index is 11.7. The van der Waals surface area contributed by atoms with Gasteiger partial charge in [0.25, 0.3) is 0 Å². The fourth-order valence-corrected chi connectivity index (χ4v) is 3.00. The molecule has 0 aliphatic heterocycles. The summed E-state index contributed by atoms with van der Waals surface area (Å²) in [7, 11) is 1.60. The molecule has 24 heavy (non-hydrogen) atoms. The Morgan fingerprint density at radius 1 is 1.25 bits per heavy atom. The van der Waals surface area contributed by atoms with Crippen LogP contribution in [0.15, 0.2) is 54.6 Å². The summed E-state index contributed by atoms with van der Waals surface area (Å²) in [6.07, 6.45) is 3.45. The molecule has 3 rings (SSSR count). The first-order valence-electron chi connectivity index (χ1n) is 7.51. The van der Waals surface area contributed by atoms with Crippen LogP contribution in [0.4, 0.5) is 4.79 Å². The van der Waals surface area contributed by atoms with E-state index in [1.807, 2.05) is 42.5 Å². The van der Waals surface area contributed by atoms with Crippen molar-refractivity contribution >= 4 is 12.4 Å². The zero-order valence-corrected chi connectivity index (χ0v) is 13.2. The normalized spacial score (nSPS) is 18.5. The molecule has 1 atom stereocenters. The fraction of sp³-hybridized carbons (Fsp3) is 0.158. The molecule has 0 aromatic heterocycles. The molecule has 0 spiro atoms. The average molecular weight is 323 g/mol. The predicted octanol–water partition coefficient (Wildman–Crippen LogP) is 3.14. The van der Waals surface area contributed by atoms with Gasteiger partial charge in [-0.3, -0.25) is 4.79 Å². The zero-order valence-electron chi connectivity index (χ0n) is 13.2. The lowest BCUT2D eigenvalue weighted by Gasteiger charge is -2.30. The molecule has 2 aromatic carbocycles. The topological polar surface area (TPSA) is 75.6 Å². The number of nitrogens with one attached hydrogen (secondary N) is 1. The first-order chi connectivity index (χ1) is 11.6. The highest BCUT2D eigenvalue weighted by Crippen LogP contribution is 2.34. The molecule has 0 unspecified atom stereocenters. The first-order valence-corrected chi connectivity index (χ1v) is 7.51. The van der Waals surface area contributed by atoms with E-state index in [1.54, 1.807) is 19.3 Å². The third kappa shape index (κ3) is 2.76. The molecular formula is C19H17NO4. The van der Waals surface area contributed by atoms with Crippen LogP contribution >= 0.6 is 0 Å². The SMILES string of the molecule is COc1cccc(-c2ccc3c(c2)[C@@](C=O)(NC(=O)O)C=CC3)c1. The molecule has 0 saturated carbocycles. The molecule has 0 fully saturated rings. The van der Waals surface area contributed by atoms with Crippen molar-refractivity contribution in [2.24, 2.45) is 0 Å². The highest BCUT2D eigenvalue weighted by Gasteiger charge is 2.35. The number of carboxylic acid groups (broad SMARTS) is 1. The van der Waals surface area contributed by atoms with Crippen molar-refractivity contribution in [2.75, 3.05) is 7.11 Å². The van der Waals surface area contributed by atoms with Crippen LogP contribution in [-0.4, -0.2) is 24.6 Å². The molecule has 2 aromatic rings. The van der Waals surface area contributed by atoms with Crippen molar-refractivity contribution in [1.29, 1.82) is 0 Å². The van der Waals surface area contributed by atoms with E-state index < -0.39 is 11.6 Å². The van der Waals surface area contributed by atoms with Crippen molar-refractivity contribution in [1.82, 2.24) is 5.32 Å². The average Bonchev–Trinajstić information content (AvgIpc) is 2.61. The van der Waals surface area contributed by atoms with Crippen molar-refractivity contribution in [3.63, 3.8) is 0 Å². The van der Waals surface area contributed by atoms with Gasteiger partial charge in [0.1, 0.15) is 11.3 Å². The monoisotopic (exact) mass is 323 g/mol. The molecule has 1 aliphatic rings. The number of hydrogen-bond donors (Lipinski definition) is 2. The van der Waals surface area contributed by atoms with Crippen LogP contribution in [0.5, 0.6) is 5.75 Å². The largest absolute Gasteiger partial charge is 0.497 e. The summed E-state index contributed by atoms with van der Waals surface area (Å²) < 4.78 is 5.25. The van der Waals surface area contributed by atoms with E-state index in [1.165, 1.54) is 0 Å². The third-order valence-electron chi connectivity index (χ3n) is 4.18. The maximum Gasteiger partial charge on any atom is 0.405 e. The maximum atomic E-state index is 11.7. The second-order valence-corrected chi connectivity index (χ2v) is 5.63. The van der Waals surface area contributed by atoms with Crippen molar-refractivity contribution in [3.05, 3.63) is 65.7 Å². The Morgan fingerprint density at radius 2 is 2.04 bits per heavy atom. The van der Waals surface area contributed by atoms with Gasteiger partial charge in [0, 0.05) is 0 Å². The van der Waals surface area contributed by atoms with Gasteiger partial charge in [-0.1, -0.05) is 36.4 Å². The van der Waals surface area contributed by atoms with E-state index in [2.05, 4.69) is 5.32 Å². The molecule has 1 aliphatic carbocycles. The van der Waals surface area contributed by atoms with Gasteiger partial charge in [-0.2, -0.15) is 0 Å². The van der Waals surface area contributed by atoms with Gasteiger partial charge >= 0.3 is 6.09 Å². The molecule has 0 bridgehead atoms. The molecule has 1 amide bonds. The molecule has 0 saturated heterocycles. The second-order valence-electron chi connectivity index (χ2n) is 5.63. The number of ether oxygens (including phenoxy) is 1. The van der Waals surface area contributed by atoms with Crippen molar-refractivity contribution in [2.45, 2.75) is 12.0 Å². The molecule has 5 heteroatoms. The minimum atomic E-state index is -1.35. The van der Waals surface area contributed by atoms with E-state index in [0.717, 1.165) is 22.4 Å². The second kappa shape index (κ2) is 6.20. The van der Waals surface area contributed by atoms with E-state index in [-0.39, 0.29) is 0 Å². The molecule has 2 N–H and O–H groups in total. The smallest absolute Gasteiger partial charge is 0.405 e. The van der Waals surface area contributed by atoms with Crippen LogP contribution in [-0.2, 0) is 16.8 Å². The Labute approximate surface area is 139 Å². The predicted molar refractivity (Wildman–Crippen MR) is 90.2 cm³/mol. The highest BCUT2D eigenvalue weighted by atomic mass is 16.5. The number of methoxy groups -OCH3 is 1. The van der Waals surface area contributed by atoms with Crippen molar-refractivity contribution in [3.8, 4) is 16.9 Å². The summed E-state index contributed by atoms with van der Waals surface area (Å²) in [5.74, 6) is 0.732. The summed E-state index contributed by atoms with van der Waals surface area (Å²) in [5.41, 5.74) is 2.05. The summed E-state index contributed by atoms with van der Waals surface area (Å²) in [6, 6.07) is 13.3. The Balaban J connectivity index is 2.12. The number of carbonyl (C=O) groups is 2. The summed E-state index contributed by atoms with van der Waals surface area (Å²) >= 11 is 0. The lowest BCUT2D eigenvalue weighted by Crippen LogP contribution is -2.46. The Morgan fingerprint density at radius 3 is 2.75 bits per heavy atom. The lowest BCUT2D eigenvalue weighted by molar-refractivity contribution is -0.112. The molecule has 0 heterocycles. The number of rotatable bonds is 4. The molecular weight excluding hydrogens is 306 g/mol. The van der Waals surface area contributed by atoms with E-state index in [0.29, 0.717) is 18.3 Å². The van der Waals surface area contributed by atoms with Crippen LogP contribution in [0.3, 0.4) is 0 Å². The van der Waals surface area contributed by atoms with Gasteiger partial charge < -0.3 is 15.2 Å². The molecule has 5 nitrogen and oxygen atoms in total. The summed E-state index contributed by atoms with van der Waals surface area (Å²) in [6.45, 7) is 0. The van der Waals surface area contributed by atoms with Gasteiger partial charge in [-0.05, 0) is 46.9 Å². The number of hydrogen-bond acceptors (Lipinski definition) is 3. The quantitative estimate of drug-likeness (QED) is 0.669. The Kier molecular flexibility index (Phi) is 4.08. The Bertz CT molecular complexity index is 828. The number of fused-ring (bicyclic) bond motifs is 1. The lowest BCUT2D eigenvalue weighted by atomic mass is 9.80. The van der Waals surface area contributed by atoms with Gasteiger partial charge in [0.15, 0.2) is 6.29 Å². The summed E-state index contributed by atoms with van der Waals surface area (Å²) in [5, 5.41) is 11.5. The van der Waals surface area contributed by atoms with Crippen LogP contribution in [0.1, 0.15) is 11.1 Å².